The zero-order chi connectivity index (χ0) is 35.6. The number of benzene rings is 10. The molecule has 0 bridgehead atoms. The van der Waals surface area contributed by atoms with E-state index >= 15 is 0 Å². The Morgan fingerprint density at radius 3 is 1.80 bits per heavy atom. The lowest BCUT2D eigenvalue weighted by Crippen LogP contribution is -2.10. The number of hydrogen-bond donors (Lipinski definition) is 0. The van der Waals surface area contributed by atoms with Crippen LogP contribution in [0.2, 0.25) is 0 Å². The van der Waals surface area contributed by atoms with Crippen molar-refractivity contribution in [2.45, 2.75) is 0 Å². The fourth-order valence-corrected chi connectivity index (χ4v) is 9.66. The van der Waals surface area contributed by atoms with Crippen LogP contribution in [0.15, 0.2) is 200 Å². The highest BCUT2D eigenvalue weighted by Gasteiger charge is 2.20. The second-order valence-corrected chi connectivity index (χ2v) is 15.2. The molecule has 0 aliphatic carbocycles. The maximum absolute atomic E-state index is 2.44. The van der Waals surface area contributed by atoms with E-state index in [1.165, 1.54) is 91.2 Å². The third-order valence-electron chi connectivity index (χ3n) is 11.0. The van der Waals surface area contributed by atoms with Crippen LogP contribution < -0.4 is 4.90 Å². The van der Waals surface area contributed by atoms with Crippen molar-refractivity contribution in [3.63, 3.8) is 0 Å². The van der Waals surface area contributed by atoms with Gasteiger partial charge in [-0.1, -0.05) is 152 Å². The van der Waals surface area contributed by atoms with Crippen LogP contribution in [0.1, 0.15) is 0 Å². The van der Waals surface area contributed by atoms with Gasteiger partial charge in [-0.3, -0.25) is 0 Å². The van der Waals surface area contributed by atoms with Gasteiger partial charge in [-0.15, -0.1) is 11.3 Å². The van der Waals surface area contributed by atoms with Crippen LogP contribution in [0.25, 0.3) is 85.5 Å². The minimum atomic E-state index is 1.12. The first kappa shape index (κ1) is 30.8. The fraction of sp³-hybridized carbons (Fsp3) is 0. The number of rotatable bonds is 5. The van der Waals surface area contributed by atoms with Crippen LogP contribution in [-0.4, -0.2) is 0 Å². The number of hydrogen-bond acceptors (Lipinski definition) is 2. The van der Waals surface area contributed by atoms with E-state index in [9.17, 15) is 0 Å². The lowest BCUT2D eigenvalue weighted by Gasteiger charge is -2.27. The molecule has 0 aliphatic rings. The summed E-state index contributed by atoms with van der Waals surface area (Å²) in [6.07, 6.45) is 0. The molecule has 11 aromatic rings. The van der Waals surface area contributed by atoms with E-state index in [0.29, 0.717) is 0 Å². The molecular formula is C52H33NS. The summed E-state index contributed by atoms with van der Waals surface area (Å²) in [7, 11) is 0. The first-order chi connectivity index (χ1) is 26.8. The molecule has 1 aromatic heterocycles. The van der Waals surface area contributed by atoms with Crippen molar-refractivity contribution in [3.05, 3.63) is 200 Å². The van der Waals surface area contributed by atoms with Crippen molar-refractivity contribution in [2.24, 2.45) is 0 Å². The standard InChI is InChI=1S/C52H33NS/c1-2-12-34(13-3-1)37-18-10-19-42(30-37)53(49-23-11-22-46-48-31-38-15-4-5-16-39(38)33-50(48)54-52(46)49)41-27-24-36(25-28-41)47-32-40-17-7-9-21-44(40)51-43-20-8-6-14-35(43)26-29-45(47)51/h1-33H. The van der Waals surface area contributed by atoms with E-state index in [0.717, 1.165) is 11.4 Å². The Bertz CT molecular complexity index is 3200. The van der Waals surface area contributed by atoms with Gasteiger partial charge in [-0.05, 0) is 114 Å². The van der Waals surface area contributed by atoms with Gasteiger partial charge in [-0.25, -0.2) is 0 Å². The lowest BCUT2D eigenvalue weighted by molar-refractivity contribution is 1.30. The lowest BCUT2D eigenvalue weighted by atomic mass is 9.90. The quantitative estimate of drug-likeness (QED) is 0.161. The second-order valence-electron chi connectivity index (χ2n) is 14.1. The zero-order valence-electron chi connectivity index (χ0n) is 29.4. The summed E-state index contributed by atoms with van der Waals surface area (Å²) >= 11 is 1.88. The van der Waals surface area contributed by atoms with Crippen molar-refractivity contribution < 1.29 is 0 Å². The molecule has 0 amide bonds. The van der Waals surface area contributed by atoms with Gasteiger partial charge in [0.25, 0.3) is 0 Å². The molecule has 2 heteroatoms. The number of nitrogens with zero attached hydrogens (tertiary/aromatic N) is 1. The molecule has 0 N–H and O–H groups in total. The van der Waals surface area contributed by atoms with Gasteiger partial charge in [0.1, 0.15) is 0 Å². The van der Waals surface area contributed by atoms with Crippen LogP contribution in [0.5, 0.6) is 0 Å². The summed E-state index contributed by atoms with van der Waals surface area (Å²) in [5.74, 6) is 0. The van der Waals surface area contributed by atoms with E-state index in [1.54, 1.807) is 0 Å². The smallest absolute Gasteiger partial charge is 0.0640 e. The van der Waals surface area contributed by atoms with Gasteiger partial charge in [0, 0.05) is 26.8 Å². The third kappa shape index (κ3) is 4.99. The maximum atomic E-state index is 2.44. The summed E-state index contributed by atoms with van der Waals surface area (Å²) in [6, 6.07) is 73.5. The molecule has 0 atom stereocenters. The van der Waals surface area contributed by atoms with Crippen molar-refractivity contribution in [1.82, 2.24) is 0 Å². The molecule has 10 aromatic carbocycles. The Labute approximate surface area is 317 Å². The van der Waals surface area contributed by atoms with Gasteiger partial charge in [0.05, 0.1) is 10.4 Å². The highest BCUT2D eigenvalue weighted by atomic mass is 32.1. The van der Waals surface area contributed by atoms with Crippen LogP contribution in [-0.2, 0) is 0 Å². The fourth-order valence-electron chi connectivity index (χ4n) is 8.43. The summed E-state index contributed by atoms with van der Waals surface area (Å²) in [6.45, 7) is 0. The molecule has 0 saturated heterocycles. The minimum absolute atomic E-state index is 1.12. The number of fused-ring (bicyclic) bond motifs is 9. The van der Waals surface area contributed by atoms with Gasteiger partial charge in [0.15, 0.2) is 0 Å². The highest BCUT2D eigenvalue weighted by Crippen LogP contribution is 2.47. The average Bonchev–Trinajstić information content (AvgIpc) is 3.61. The first-order valence-corrected chi connectivity index (χ1v) is 19.3. The second kappa shape index (κ2) is 12.4. The summed E-state index contributed by atoms with van der Waals surface area (Å²) in [5.41, 5.74) is 8.28. The molecule has 0 aliphatic heterocycles. The molecule has 0 spiro atoms. The molecule has 1 nitrogen and oxygen atoms in total. The van der Waals surface area contributed by atoms with Gasteiger partial charge < -0.3 is 4.90 Å². The normalized spacial score (nSPS) is 11.7. The van der Waals surface area contributed by atoms with Gasteiger partial charge in [-0.2, -0.15) is 0 Å². The van der Waals surface area contributed by atoms with E-state index in [1.807, 2.05) is 11.3 Å². The van der Waals surface area contributed by atoms with Crippen LogP contribution in [0.4, 0.5) is 17.1 Å². The zero-order valence-corrected chi connectivity index (χ0v) is 30.2. The topological polar surface area (TPSA) is 3.24 Å². The summed E-state index contributed by atoms with van der Waals surface area (Å²) < 4.78 is 2.59. The van der Waals surface area contributed by atoms with Gasteiger partial charge in [0.2, 0.25) is 0 Å². The molecule has 11 rings (SSSR count). The van der Waals surface area contributed by atoms with Crippen LogP contribution in [0, 0.1) is 0 Å². The van der Waals surface area contributed by atoms with Crippen LogP contribution >= 0.6 is 11.3 Å². The van der Waals surface area contributed by atoms with E-state index in [2.05, 4.69) is 205 Å². The van der Waals surface area contributed by atoms with Crippen molar-refractivity contribution in [2.75, 3.05) is 4.90 Å². The Morgan fingerprint density at radius 2 is 0.981 bits per heavy atom. The largest absolute Gasteiger partial charge is 0.309 e. The van der Waals surface area contributed by atoms with E-state index in [4.69, 9.17) is 0 Å². The third-order valence-corrected chi connectivity index (χ3v) is 12.2. The van der Waals surface area contributed by atoms with Crippen molar-refractivity contribution in [1.29, 1.82) is 0 Å². The number of thiophene rings is 1. The number of anilines is 3. The minimum Gasteiger partial charge on any atom is -0.309 e. The SMILES string of the molecule is c1ccc(-c2cccc(N(c3ccc(-c4cc5ccccc5c5c4ccc4ccccc45)cc3)c3cccc4c3sc3cc5ccccc5cc34)c2)cc1. The maximum Gasteiger partial charge on any atom is 0.0640 e. The summed E-state index contributed by atoms with van der Waals surface area (Å²) in [4.78, 5) is 2.44. The predicted molar refractivity (Wildman–Crippen MR) is 235 cm³/mol. The molecule has 252 valence electrons. The Morgan fingerprint density at radius 1 is 0.333 bits per heavy atom. The molecular weight excluding hydrogens is 671 g/mol. The summed E-state index contributed by atoms with van der Waals surface area (Å²) in [5, 5.41) is 12.8. The Hall–Kier alpha value is -6.74. The van der Waals surface area contributed by atoms with Crippen molar-refractivity contribution >= 4 is 91.7 Å². The van der Waals surface area contributed by atoms with Crippen LogP contribution in [0.3, 0.4) is 0 Å². The Kier molecular flexibility index (Phi) is 7.11. The molecule has 0 radical (unpaired) electrons. The molecule has 1 heterocycles. The Balaban J connectivity index is 1.12. The molecule has 0 saturated carbocycles. The highest BCUT2D eigenvalue weighted by molar-refractivity contribution is 7.26. The molecule has 0 fully saturated rings. The van der Waals surface area contributed by atoms with E-state index in [-0.39, 0.29) is 0 Å². The predicted octanol–water partition coefficient (Wildman–Crippen LogP) is 15.5. The van der Waals surface area contributed by atoms with Gasteiger partial charge >= 0.3 is 0 Å². The molecule has 0 unspecified atom stereocenters. The molecule has 54 heavy (non-hydrogen) atoms. The first-order valence-electron chi connectivity index (χ1n) is 18.5. The monoisotopic (exact) mass is 703 g/mol. The van der Waals surface area contributed by atoms with E-state index < -0.39 is 0 Å². The average molecular weight is 704 g/mol. The van der Waals surface area contributed by atoms with Crippen molar-refractivity contribution in [3.8, 4) is 22.3 Å².